The molecule has 0 saturated heterocycles. The number of nitrogens with zero attached hydrogens (tertiary/aromatic N) is 1. The molecule has 1 aromatic carbocycles. The van der Waals surface area contributed by atoms with Crippen LogP contribution >= 0.6 is 0 Å². The van der Waals surface area contributed by atoms with Crippen LogP contribution < -0.4 is 15.2 Å². The topological polar surface area (TPSA) is 70.5 Å². The van der Waals surface area contributed by atoms with Crippen molar-refractivity contribution in [3.8, 4) is 22.6 Å². The lowest BCUT2D eigenvalue weighted by Gasteiger charge is -2.23. The van der Waals surface area contributed by atoms with E-state index in [1.54, 1.807) is 6.20 Å². The number of benzene rings is 1. The van der Waals surface area contributed by atoms with Crippen molar-refractivity contribution < 1.29 is 14.0 Å². The normalized spacial score (nSPS) is 13.7. The molecule has 1 aliphatic rings. The Morgan fingerprint density at radius 3 is 2.50 bits per heavy atom. The maximum atomic E-state index is 5.77. The Hall–Kier alpha value is -2.17. The van der Waals surface area contributed by atoms with E-state index in [4.69, 9.17) is 19.7 Å². The molecule has 0 fully saturated rings. The maximum absolute atomic E-state index is 5.77. The minimum absolute atomic E-state index is 0.287. The first-order valence-electron chi connectivity index (χ1n) is 5.79. The summed E-state index contributed by atoms with van der Waals surface area (Å²) in [6, 6.07) is 2.02. The third kappa shape index (κ3) is 1.51. The van der Waals surface area contributed by atoms with E-state index in [1.165, 1.54) is 0 Å². The van der Waals surface area contributed by atoms with Gasteiger partial charge in [0.1, 0.15) is 13.2 Å². The Kier molecular flexibility index (Phi) is 2.40. The fourth-order valence-corrected chi connectivity index (χ4v) is 2.12. The molecule has 1 aliphatic heterocycles. The second-order valence-corrected chi connectivity index (χ2v) is 4.32. The fourth-order valence-electron chi connectivity index (χ4n) is 2.12. The van der Waals surface area contributed by atoms with E-state index in [9.17, 15) is 0 Å². The molecule has 5 heteroatoms. The number of nitrogen functional groups attached to an aromatic ring is 1. The first-order chi connectivity index (χ1) is 8.68. The molecule has 3 rings (SSSR count). The Morgan fingerprint density at radius 1 is 1.11 bits per heavy atom. The minimum atomic E-state index is 0.287. The summed E-state index contributed by atoms with van der Waals surface area (Å²) in [5, 5.41) is 3.70. The predicted octanol–water partition coefficient (Wildman–Crippen LogP) is 2.31. The molecule has 2 N–H and O–H groups in total. The lowest BCUT2D eigenvalue weighted by Crippen LogP contribution is -2.17. The summed E-state index contributed by atoms with van der Waals surface area (Å²) in [5.41, 5.74) is 9.58. The van der Waals surface area contributed by atoms with Crippen molar-refractivity contribution in [2.75, 3.05) is 18.9 Å². The molecule has 1 aromatic heterocycles. The van der Waals surface area contributed by atoms with Gasteiger partial charge in [0.25, 0.3) is 0 Å². The summed E-state index contributed by atoms with van der Waals surface area (Å²) in [6.07, 6.45) is 1.59. The highest BCUT2D eigenvalue weighted by molar-refractivity contribution is 5.81. The zero-order valence-electron chi connectivity index (χ0n) is 10.3. The number of hydrogen-bond acceptors (Lipinski definition) is 5. The molecule has 0 spiro atoms. The van der Waals surface area contributed by atoms with Gasteiger partial charge in [0, 0.05) is 5.56 Å². The van der Waals surface area contributed by atoms with Crippen molar-refractivity contribution in [3.05, 3.63) is 23.4 Å². The molecule has 0 radical (unpaired) electrons. The first kappa shape index (κ1) is 11.0. The molecule has 5 nitrogen and oxygen atoms in total. The van der Waals surface area contributed by atoms with E-state index in [0.29, 0.717) is 13.2 Å². The summed E-state index contributed by atoms with van der Waals surface area (Å²) in [6.45, 7) is 5.15. The van der Waals surface area contributed by atoms with Crippen LogP contribution in [0.15, 0.2) is 16.8 Å². The molecule has 94 valence electrons. The predicted molar refractivity (Wildman–Crippen MR) is 66.8 cm³/mol. The summed E-state index contributed by atoms with van der Waals surface area (Å²) in [7, 11) is 0. The molecule has 0 saturated carbocycles. The van der Waals surface area contributed by atoms with Gasteiger partial charge in [-0.3, -0.25) is 0 Å². The van der Waals surface area contributed by atoms with E-state index in [-0.39, 0.29) is 5.88 Å². The van der Waals surface area contributed by atoms with Crippen molar-refractivity contribution in [1.82, 2.24) is 5.16 Å². The maximum Gasteiger partial charge on any atom is 0.230 e. The number of nitrogens with two attached hydrogens (primary N) is 1. The average Bonchev–Trinajstić information content (AvgIpc) is 2.80. The molecule has 0 bridgehead atoms. The van der Waals surface area contributed by atoms with Crippen LogP contribution in [-0.2, 0) is 0 Å². The van der Waals surface area contributed by atoms with Gasteiger partial charge in [0.2, 0.25) is 5.88 Å². The largest absolute Gasteiger partial charge is 0.486 e. The Balaban J connectivity index is 2.27. The quantitative estimate of drug-likeness (QED) is 0.836. The monoisotopic (exact) mass is 246 g/mol. The highest BCUT2D eigenvalue weighted by Gasteiger charge is 2.23. The average molecular weight is 246 g/mol. The van der Waals surface area contributed by atoms with Crippen LogP contribution in [0.2, 0.25) is 0 Å². The summed E-state index contributed by atoms with van der Waals surface area (Å²) < 4.78 is 16.3. The van der Waals surface area contributed by atoms with E-state index in [2.05, 4.69) is 5.16 Å². The number of rotatable bonds is 1. The molecule has 0 aliphatic carbocycles. The molecule has 0 unspecified atom stereocenters. The molecular weight excluding hydrogens is 232 g/mol. The van der Waals surface area contributed by atoms with E-state index in [0.717, 1.165) is 33.8 Å². The van der Waals surface area contributed by atoms with Crippen molar-refractivity contribution in [2.24, 2.45) is 0 Å². The number of anilines is 1. The number of aryl methyl sites for hydroxylation is 1. The van der Waals surface area contributed by atoms with Gasteiger partial charge in [-0.15, -0.1) is 0 Å². The van der Waals surface area contributed by atoms with Crippen molar-refractivity contribution in [2.45, 2.75) is 13.8 Å². The minimum Gasteiger partial charge on any atom is -0.486 e. The van der Waals surface area contributed by atoms with Gasteiger partial charge in [-0.05, 0) is 31.0 Å². The highest BCUT2D eigenvalue weighted by atomic mass is 16.6. The highest BCUT2D eigenvalue weighted by Crippen LogP contribution is 2.45. The van der Waals surface area contributed by atoms with E-state index in [1.807, 2.05) is 19.9 Å². The van der Waals surface area contributed by atoms with Gasteiger partial charge in [0.05, 0.1) is 11.8 Å². The molecule has 18 heavy (non-hydrogen) atoms. The second kappa shape index (κ2) is 3.94. The number of ether oxygens (including phenoxy) is 2. The summed E-state index contributed by atoms with van der Waals surface area (Å²) in [4.78, 5) is 0. The smallest absolute Gasteiger partial charge is 0.230 e. The number of fused-ring (bicyclic) bond motifs is 1. The third-order valence-electron chi connectivity index (χ3n) is 3.21. The van der Waals surface area contributed by atoms with E-state index >= 15 is 0 Å². The van der Waals surface area contributed by atoms with Crippen molar-refractivity contribution in [1.29, 1.82) is 0 Å². The zero-order valence-corrected chi connectivity index (χ0v) is 10.3. The Morgan fingerprint density at radius 2 is 1.83 bits per heavy atom. The van der Waals surface area contributed by atoms with Crippen molar-refractivity contribution in [3.63, 3.8) is 0 Å². The summed E-state index contributed by atoms with van der Waals surface area (Å²) in [5.74, 6) is 1.80. The van der Waals surface area contributed by atoms with Crippen LogP contribution in [0.4, 0.5) is 5.88 Å². The van der Waals surface area contributed by atoms with Gasteiger partial charge in [0.15, 0.2) is 11.5 Å². The fraction of sp³-hybridized carbons (Fsp3) is 0.308. The molecule has 0 atom stereocenters. The van der Waals surface area contributed by atoms with Crippen LogP contribution in [-0.4, -0.2) is 18.4 Å². The standard InChI is InChI=1S/C13H14N2O3/c1-7-5-9(10-6-15-18-13(10)14)12-11(8(7)2)16-3-4-17-12/h5-6H,3-4,14H2,1-2H3. The van der Waals surface area contributed by atoms with Crippen LogP contribution in [0.3, 0.4) is 0 Å². The van der Waals surface area contributed by atoms with Gasteiger partial charge in [-0.25, -0.2) is 0 Å². The SMILES string of the molecule is Cc1cc(-c2cnoc2N)c2c(c1C)OCCO2. The van der Waals surface area contributed by atoms with Gasteiger partial charge >= 0.3 is 0 Å². The third-order valence-corrected chi connectivity index (χ3v) is 3.21. The van der Waals surface area contributed by atoms with Crippen LogP contribution in [0.1, 0.15) is 11.1 Å². The Bertz CT molecular complexity index is 605. The molecule has 2 heterocycles. The van der Waals surface area contributed by atoms with Crippen LogP contribution in [0.5, 0.6) is 11.5 Å². The second-order valence-electron chi connectivity index (χ2n) is 4.32. The van der Waals surface area contributed by atoms with Crippen molar-refractivity contribution >= 4 is 5.88 Å². The number of aromatic nitrogens is 1. The lowest BCUT2D eigenvalue weighted by molar-refractivity contribution is 0.171. The van der Waals surface area contributed by atoms with Crippen LogP contribution in [0, 0.1) is 13.8 Å². The molecule has 2 aromatic rings. The van der Waals surface area contributed by atoms with Gasteiger partial charge in [-0.2, -0.15) is 0 Å². The first-order valence-corrected chi connectivity index (χ1v) is 5.79. The lowest BCUT2D eigenvalue weighted by atomic mass is 9.99. The number of hydrogen-bond donors (Lipinski definition) is 1. The molecule has 0 amide bonds. The van der Waals surface area contributed by atoms with Crippen LogP contribution in [0.25, 0.3) is 11.1 Å². The Labute approximate surface area is 104 Å². The van der Waals surface area contributed by atoms with Gasteiger partial charge < -0.3 is 19.7 Å². The molecular formula is C13H14N2O3. The zero-order chi connectivity index (χ0) is 12.7. The van der Waals surface area contributed by atoms with E-state index < -0.39 is 0 Å². The van der Waals surface area contributed by atoms with Gasteiger partial charge in [-0.1, -0.05) is 5.16 Å². The summed E-state index contributed by atoms with van der Waals surface area (Å²) >= 11 is 0.